The fraction of sp³-hybridized carbons (Fsp3) is 1.00. The normalized spacial score (nSPS) is 7.50. The molecule has 0 aliphatic rings. The summed E-state index contributed by atoms with van der Waals surface area (Å²) in [6, 6.07) is 0. The molecule has 0 spiro atoms. The predicted octanol–water partition coefficient (Wildman–Crippen LogP) is 2.58. The molecular formula is C10H26O2. The van der Waals surface area contributed by atoms with Crippen LogP contribution < -0.4 is 0 Å². The Kier molecular flexibility index (Phi) is 45.6. The zero-order valence-electron chi connectivity index (χ0n) is 9.14. The summed E-state index contributed by atoms with van der Waals surface area (Å²) in [4.78, 5) is 0. The first-order valence-corrected chi connectivity index (χ1v) is 4.96. The second kappa shape index (κ2) is 30.7. The van der Waals surface area contributed by atoms with Gasteiger partial charge in [-0.25, -0.2) is 0 Å². The number of unbranched alkanes of at least 4 members (excludes halogenated alkanes) is 1. The average molecular weight is 178 g/mol. The second-order valence-corrected chi connectivity index (χ2v) is 2.51. The maximum absolute atomic E-state index is 8.07. The van der Waals surface area contributed by atoms with Crippen LogP contribution in [0.2, 0.25) is 0 Å². The van der Waals surface area contributed by atoms with Crippen LogP contribution in [0.4, 0.5) is 0 Å². The molecule has 0 aromatic rings. The van der Waals surface area contributed by atoms with Crippen molar-refractivity contribution in [3.63, 3.8) is 0 Å². The summed E-state index contributed by atoms with van der Waals surface area (Å²) < 4.78 is 0. The first-order chi connectivity index (χ1) is 5.74. The number of aliphatic hydroxyl groups excluding tert-OH is 2. The molecule has 0 saturated heterocycles. The van der Waals surface area contributed by atoms with Crippen molar-refractivity contribution >= 4 is 0 Å². The summed E-state index contributed by atoms with van der Waals surface area (Å²) in [7, 11) is 0. The lowest BCUT2D eigenvalue weighted by Crippen LogP contribution is -1.75. The molecule has 0 aliphatic carbocycles. The number of aliphatic hydroxyl groups is 2. The lowest BCUT2D eigenvalue weighted by Gasteiger charge is -1.79. The quantitative estimate of drug-likeness (QED) is 0.697. The topological polar surface area (TPSA) is 40.5 Å². The first kappa shape index (κ1) is 17.9. The van der Waals surface area contributed by atoms with Crippen LogP contribution in [0.5, 0.6) is 0 Å². The van der Waals surface area contributed by atoms with E-state index in [9.17, 15) is 0 Å². The van der Waals surface area contributed by atoms with Gasteiger partial charge in [-0.2, -0.15) is 0 Å². The van der Waals surface area contributed by atoms with Crippen molar-refractivity contribution in [1.29, 1.82) is 0 Å². The minimum absolute atomic E-state index is 0.319. The van der Waals surface area contributed by atoms with Gasteiger partial charge < -0.3 is 10.2 Å². The van der Waals surface area contributed by atoms with Crippen molar-refractivity contribution in [2.45, 2.75) is 53.4 Å². The molecule has 0 aliphatic heterocycles. The molecule has 2 heteroatoms. The molecular weight excluding hydrogens is 152 g/mol. The summed E-state index contributed by atoms with van der Waals surface area (Å²) in [5.41, 5.74) is 0. The third-order valence-electron chi connectivity index (χ3n) is 0.735. The van der Waals surface area contributed by atoms with Gasteiger partial charge >= 0.3 is 0 Å². The third-order valence-corrected chi connectivity index (χ3v) is 0.735. The van der Waals surface area contributed by atoms with E-state index in [1.165, 1.54) is 6.42 Å². The second-order valence-electron chi connectivity index (χ2n) is 2.51. The van der Waals surface area contributed by atoms with Crippen molar-refractivity contribution in [3.05, 3.63) is 0 Å². The van der Waals surface area contributed by atoms with Gasteiger partial charge in [0.1, 0.15) is 0 Å². The summed E-state index contributed by atoms with van der Waals surface area (Å²) >= 11 is 0. The van der Waals surface area contributed by atoms with E-state index in [0.29, 0.717) is 13.2 Å². The summed E-state index contributed by atoms with van der Waals surface area (Å²) in [6.07, 6.45) is 4.16. The highest BCUT2D eigenvalue weighted by Crippen LogP contribution is 1.78. The van der Waals surface area contributed by atoms with E-state index in [1.807, 2.05) is 6.92 Å². The summed E-state index contributed by atoms with van der Waals surface area (Å²) in [6.45, 7) is 8.90. The highest BCUT2D eigenvalue weighted by atomic mass is 16.3. The van der Waals surface area contributed by atoms with Gasteiger partial charge in [0.25, 0.3) is 0 Å². The van der Waals surface area contributed by atoms with Crippen LogP contribution >= 0.6 is 0 Å². The molecule has 0 saturated carbocycles. The van der Waals surface area contributed by atoms with E-state index in [-0.39, 0.29) is 0 Å². The molecule has 0 fully saturated rings. The minimum atomic E-state index is 0.319. The zero-order chi connectivity index (χ0) is 10.2. The highest BCUT2D eigenvalue weighted by molar-refractivity contribution is 4.23. The molecule has 2 nitrogen and oxygen atoms in total. The van der Waals surface area contributed by atoms with E-state index in [2.05, 4.69) is 20.8 Å². The van der Waals surface area contributed by atoms with Crippen LogP contribution in [0.3, 0.4) is 0 Å². The van der Waals surface area contributed by atoms with Gasteiger partial charge in [-0.05, 0) is 12.8 Å². The smallest absolute Gasteiger partial charge is 0.0430 e. The standard InChI is InChI=1S/C4H10O.C3H8O.C3H8/c1-2-3-4-5;1-2-3-4;1-3-2/h5H,2-4H2,1H3;4H,2-3H2,1H3;3H2,1-2H3. The van der Waals surface area contributed by atoms with Crippen LogP contribution in [0.25, 0.3) is 0 Å². The molecule has 0 unspecified atom stereocenters. The number of hydrogen-bond acceptors (Lipinski definition) is 2. The fourth-order valence-electron chi connectivity index (χ4n) is 0.158. The van der Waals surface area contributed by atoms with E-state index in [4.69, 9.17) is 10.2 Å². The molecule has 12 heavy (non-hydrogen) atoms. The SMILES string of the molecule is CCC.CCCCO.CCCO. The van der Waals surface area contributed by atoms with Crippen molar-refractivity contribution in [2.24, 2.45) is 0 Å². The molecule has 0 bridgehead atoms. The Morgan fingerprint density at radius 2 is 1.08 bits per heavy atom. The largest absolute Gasteiger partial charge is 0.396 e. The van der Waals surface area contributed by atoms with Crippen LogP contribution in [0.15, 0.2) is 0 Å². The fourth-order valence-corrected chi connectivity index (χ4v) is 0.158. The van der Waals surface area contributed by atoms with Gasteiger partial charge in [0.05, 0.1) is 0 Å². The molecule has 0 atom stereocenters. The summed E-state index contributed by atoms with van der Waals surface area (Å²) in [5.74, 6) is 0. The van der Waals surface area contributed by atoms with Gasteiger partial charge in [-0.15, -0.1) is 0 Å². The maximum Gasteiger partial charge on any atom is 0.0430 e. The monoisotopic (exact) mass is 178 g/mol. The number of rotatable bonds is 3. The van der Waals surface area contributed by atoms with E-state index in [1.54, 1.807) is 0 Å². The Morgan fingerprint density at radius 1 is 0.750 bits per heavy atom. The van der Waals surface area contributed by atoms with Crippen molar-refractivity contribution in [1.82, 2.24) is 0 Å². The minimum Gasteiger partial charge on any atom is -0.396 e. The van der Waals surface area contributed by atoms with Gasteiger partial charge in [-0.1, -0.05) is 40.5 Å². The van der Waals surface area contributed by atoms with E-state index in [0.717, 1.165) is 19.3 Å². The molecule has 0 heterocycles. The van der Waals surface area contributed by atoms with Crippen molar-refractivity contribution in [3.8, 4) is 0 Å². The van der Waals surface area contributed by atoms with Crippen molar-refractivity contribution < 1.29 is 10.2 Å². The molecule has 0 aromatic heterocycles. The number of hydrogen-bond donors (Lipinski definition) is 2. The molecule has 2 N–H and O–H groups in total. The Bertz CT molecular complexity index is 34.8. The molecule has 0 aromatic carbocycles. The van der Waals surface area contributed by atoms with Crippen LogP contribution in [-0.4, -0.2) is 23.4 Å². The first-order valence-electron chi connectivity index (χ1n) is 4.96. The molecule has 0 rings (SSSR count). The Morgan fingerprint density at radius 3 is 1.08 bits per heavy atom. The average Bonchev–Trinajstić information content (AvgIpc) is 2.08. The lowest BCUT2D eigenvalue weighted by molar-refractivity contribution is 0.287. The molecule has 78 valence electrons. The van der Waals surface area contributed by atoms with Crippen LogP contribution in [0, 0.1) is 0 Å². The van der Waals surface area contributed by atoms with E-state index < -0.39 is 0 Å². The third kappa shape index (κ3) is 92.6. The molecule has 0 radical (unpaired) electrons. The Balaban J connectivity index is -0.000000105. The van der Waals surface area contributed by atoms with Gasteiger partial charge in [0.2, 0.25) is 0 Å². The van der Waals surface area contributed by atoms with E-state index >= 15 is 0 Å². The predicted molar refractivity (Wildman–Crippen MR) is 55.3 cm³/mol. The lowest BCUT2D eigenvalue weighted by atomic mass is 10.4. The summed E-state index contributed by atoms with van der Waals surface area (Å²) in [5, 5.41) is 15.9. The Hall–Kier alpha value is -0.0800. The van der Waals surface area contributed by atoms with Crippen molar-refractivity contribution in [2.75, 3.05) is 13.2 Å². The van der Waals surface area contributed by atoms with Crippen LogP contribution in [0.1, 0.15) is 53.4 Å². The highest BCUT2D eigenvalue weighted by Gasteiger charge is 1.69. The molecule has 0 amide bonds. The zero-order valence-corrected chi connectivity index (χ0v) is 9.14. The van der Waals surface area contributed by atoms with Crippen LogP contribution in [-0.2, 0) is 0 Å². The van der Waals surface area contributed by atoms with Gasteiger partial charge in [-0.3, -0.25) is 0 Å². The van der Waals surface area contributed by atoms with Gasteiger partial charge in [0, 0.05) is 13.2 Å². The van der Waals surface area contributed by atoms with Gasteiger partial charge in [0.15, 0.2) is 0 Å². The maximum atomic E-state index is 8.07. The Labute approximate surface area is 77.6 Å².